The first-order valence-electron chi connectivity index (χ1n) is 10.9. The van der Waals surface area contributed by atoms with Crippen molar-refractivity contribution in [1.82, 2.24) is 23.9 Å². The van der Waals surface area contributed by atoms with E-state index in [2.05, 4.69) is 37.8 Å². The molecule has 1 aromatic carbocycles. The van der Waals surface area contributed by atoms with E-state index in [4.69, 9.17) is 11.6 Å². The molecule has 3 aliphatic heterocycles. The van der Waals surface area contributed by atoms with Crippen molar-refractivity contribution in [3.8, 4) is 12.1 Å². The Morgan fingerprint density at radius 2 is 1.94 bits per heavy atom. The van der Waals surface area contributed by atoms with Crippen LogP contribution in [0.2, 0.25) is 5.02 Å². The van der Waals surface area contributed by atoms with Gasteiger partial charge in [-0.15, -0.1) is 0 Å². The summed E-state index contributed by atoms with van der Waals surface area (Å²) in [5.41, 5.74) is 2.04. The van der Waals surface area contributed by atoms with E-state index in [9.17, 15) is 18.9 Å². The first kappa shape index (κ1) is 23.1. The lowest BCUT2D eigenvalue weighted by molar-refractivity contribution is 0.0888. The second-order valence-electron chi connectivity index (χ2n) is 8.44. The van der Waals surface area contributed by atoms with E-state index in [1.807, 2.05) is 11.8 Å². The van der Waals surface area contributed by atoms with E-state index in [0.717, 1.165) is 6.42 Å². The number of nitriles is 2. The standard InChI is InChI=1S/C21H21ClN10O2S/c1-3-25-21-29-20(28-19-13(8-24)9-26-31(19)21)27-16-4-12(7-23)5-17(18(16)22)30-10-14-6-15(11-30)32(14)35(2,33)34/h4-5,9,14-15H,3,6,10-11H2,1-2H3,(H2,25,27,28,29). The lowest BCUT2D eigenvalue weighted by atomic mass is 9.90. The third kappa shape index (κ3) is 3.97. The molecule has 2 atom stereocenters. The average molecular weight is 513 g/mol. The van der Waals surface area contributed by atoms with Gasteiger partial charge >= 0.3 is 0 Å². The third-order valence-electron chi connectivity index (χ3n) is 6.10. The van der Waals surface area contributed by atoms with Crippen molar-refractivity contribution in [1.29, 1.82) is 10.5 Å². The van der Waals surface area contributed by atoms with Crippen LogP contribution in [0.1, 0.15) is 24.5 Å². The van der Waals surface area contributed by atoms with Crippen LogP contribution in [0, 0.1) is 22.7 Å². The molecular weight excluding hydrogens is 492 g/mol. The van der Waals surface area contributed by atoms with Crippen LogP contribution in [-0.4, -0.2) is 70.3 Å². The molecule has 3 saturated heterocycles. The molecule has 35 heavy (non-hydrogen) atoms. The minimum atomic E-state index is -3.27. The summed E-state index contributed by atoms with van der Waals surface area (Å²) in [6.07, 6.45) is 3.44. The highest BCUT2D eigenvalue weighted by atomic mass is 35.5. The smallest absolute Gasteiger partial charge is 0.232 e. The van der Waals surface area contributed by atoms with Gasteiger partial charge in [0.1, 0.15) is 11.6 Å². The predicted octanol–water partition coefficient (Wildman–Crippen LogP) is 1.92. The van der Waals surface area contributed by atoms with Gasteiger partial charge in [-0.3, -0.25) is 0 Å². The van der Waals surface area contributed by atoms with Crippen molar-refractivity contribution in [3.05, 3.63) is 34.5 Å². The Balaban J connectivity index is 1.51. The van der Waals surface area contributed by atoms with Crippen molar-refractivity contribution < 1.29 is 8.42 Å². The Kier molecular flexibility index (Phi) is 5.63. The summed E-state index contributed by atoms with van der Waals surface area (Å²) in [6, 6.07) is 7.26. The van der Waals surface area contributed by atoms with Gasteiger partial charge in [-0.1, -0.05) is 11.6 Å². The molecule has 0 spiro atoms. The van der Waals surface area contributed by atoms with E-state index < -0.39 is 10.0 Å². The summed E-state index contributed by atoms with van der Waals surface area (Å²) in [7, 11) is -3.27. The van der Waals surface area contributed by atoms with Gasteiger partial charge in [0, 0.05) is 31.7 Å². The van der Waals surface area contributed by atoms with Crippen molar-refractivity contribution >= 4 is 50.5 Å². The van der Waals surface area contributed by atoms with Crippen LogP contribution >= 0.6 is 11.6 Å². The summed E-state index contributed by atoms with van der Waals surface area (Å²) in [5.74, 6) is 0.574. The fraction of sp³-hybridized carbons (Fsp3) is 0.381. The number of aromatic nitrogens is 4. The number of nitrogens with one attached hydrogen (secondary N) is 2. The number of hydrogen-bond acceptors (Lipinski definition) is 10. The maximum absolute atomic E-state index is 12.1. The molecular formula is C21H21ClN10O2S. The van der Waals surface area contributed by atoms with Crippen LogP contribution in [0.4, 0.5) is 23.3 Å². The van der Waals surface area contributed by atoms with E-state index >= 15 is 0 Å². The highest BCUT2D eigenvalue weighted by Gasteiger charge is 2.49. The average Bonchev–Trinajstić information content (AvgIpc) is 3.22. The number of piperazine rings is 1. The monoisotopic (exact) mass is 512 g/mol. The van der Waals surface area contributed by atoms with Gasteiger partial charge in [-0.05, 0) is 25.5 Å². The molecule has 14 heteroatoms. The Morgan fingerprint density at radius 3 is 2.57 bits per heavy atom. The highest BCUT2D eigenvalue weighted by Crippen LogP contribution is 2.41. The van der Waals surface area contributed by atoms with Gasteiger partial charge in [0.15, 0.2) is 5.65 Å². The van der Waals surface area contributed by atoms with Crippen LogP contribution in [0.25, 0.3) is 5.65 Å². The maximum atomic E-state index is 12.1. The quantitative estimate of drug-likeness (QED) is 0.500. The SMILES string of the molecule is CCNc1nc(Nc2cc(C#N)cc(N3CC4CC(C3)N4S(C)(=O)=O)c2Cl)nc2c(C#N)cnn12. The molecule has 5 heterocycles. The summed E-state index contributed by atoms with van der Waals surface area (Å²) in [6.45, 7) is 3.44. The topological polar surface area (TPSA) is 155 Å². The van der Waals surface area contributed by atoms with Crippen molar-refractivity contribution in [2.24, 2.45) is 0 Å². The van der Waals surface area contributed by atoms with E-state index in [0.29, 0.717) is 53.2 Å². The summed E-state index contributed by atoms with van der Waals surface area (Å²) in [4.78, 5) is 10.9. The van der Waals surface area contributed by atoms with Gasteiger partial charge in [-0.25, -0.2) is 8.42 Å². The molecule has 0 radical (unpaired) electrons. The molecule has 3 aromatic rings. The molecule has 180 valence electrons. The van der Waals surface area contributed by atoms with Crippen LogP contribution in [0.15, 0.2) is 18.3 Å². The van der Waals surface area contributed by atoms with Gasteiger partial charge in [-0.2, -0.15) is 34.4 Å². The predicted molar refractivity (Wildman–Crippen MR) is 130 cm³/mol. The van der Waals surface area contributed by atoms with Crippen molar-refractivity contribution in [3.63, 3.8) is 0 Å². The first-order chi connectivity index (χ1) is 16.7. The molecule has 12 nitrogen and oxygen atoms in total. The Hall–Kier alpha value is -3.65. The Bertz CT molecular complexity index is 1510. The fourth-order valence-corrected chi connectivity index (χ4v) is 6.38. The highest BCUT2D eigenvalue weighted by molar-refractivity contribution is 7.88. The van der Waals surface area contributed by atoms with Crippen LogP contribution in [-0.2, 0) is 10.0 Å². The molecule has 0 aliphatic carbocycles. The molecule has 0 amide bonds. The molecule has 0 saturated carbocycles. The minimum Gasteiger partial charge on any atom is -0.367 e. The maximum Gasteiger partial charge on any atom is 0.232 e. The largest absolute Gasteiger partial charge is 0.367 e. The summed E-state index contributed by atoms with van der Waals surface area (Å²) in [5, 5.41) is 29.7. The Labute approximate surface area is 206 Å². The molecule has 2 N–H and O–H groups in total. The molecule has 3 fully saturated rings. The zero-order valence-electron chi connectivity index (χ0n) is 18.9. The van der Waals surface area contributed by atoms with E-state index in [1.54, 1.807) is 16.4 Å². The third-order valence-corrected chi connectivity index (χ3v) is 7.86. The molecule has 2 unspecified atom stereocenters. The van der Waals surface area contributed by atoms with Gasteiger partial charge in [0.2, 0.25) is 21.9 Å². The Morgan fingerprint density at radius 1 is 1.20 bits per heavy atom. The van der Waals surface area contributed by atoms with Gasteiger partial charge < -0.3 is 15.5 Å². The van der Waals surface area contributed by atoms with Crippen molar-refractivity contribution in [2.45, 2.75) is 25.4 Å². The summed E-state index contributed by atoms with van der Waals surface area (Å²) >= 11 is 6.78. The normalized spacial score (nSPS) is 19.6. The number of sulfonamides is 1. The van der Waals surface area contributed by atoms with E-state index in [1.165, 1.54) is 17.0 Å². The second kappa shape index (κ2) is 8.53. The molecule has 2 aromatic heterocycles. The lowest BCUT2D eigenvalue weighted by Gasteiger charge is -2.55. The molecule has 3 aliphatic rings. The van der Waals surface area contributed by atoms with Crippen LogP contribution in [0.3, 0.4) is 0 Å². The zero-order chi connectivity index (χ0) is 24.9. The fourth-order valence-electron chi connectivity index (χ4n) is 4.71. The molecule has 6 rings (SSSR count). The number of hydrogen-bond donors (Lipinski definition) is 2. The van der Waals surface area contributed by atoms with E-state index in [-0.39, 0.29) is 23.6 Å². The van der Waals surface area contributed by atoms with Crippen LogP contribution in [0.5, 0.6) is 0 Å². The minimum absolute atomic E-state index is 0.123. The lowest BCUT2D eigenvalue weighted by Crippen LogP contribution is -2.70. The number of halogens is 1. The van der Waals surface area contributed by atoms with Crippen molar-refractivity contribution in [2.75, 3.05) is 41.4 Å². The number of nitrogens with zero attached hydrogens (tertiary/aromatic N) is 8. The molecule has 2 bridgehead atoms. The number of fused-ring (bicyclic) bond motifs is 3. The number of piperidine rings is 1. The number of anilines is 4. The van der Waals surface area contributed by atoms with Gasteiger partial charge in [0.25, 0.3) is 0 Å². The van der Waals surface area contributed by atoms with Crippen LogP contribution < -0.4 is 15.5 Å². The number of rotatable bonds is 6. The second-order valence-corrected chi connectivity index (χ2v) is 10.7. The first-order valence-corrected chi connectivity index (χ1v) is 13.1. The summed E-state index contributed by atoms with van der Waals surface area (Å²) < 4.78 is 27.1. The zero-order valence-corrected chi connectivity index (χ0v) is 20.5. The van der Waals surface area contributed by atoms with Gasteiger partial charge in [0.05, 0.1) is 40.5 Å². The number of benzene rings is 1.